The smallest absolute Gasteiger partial charge is 0.253 e. The third-order valence-electron chi connectivity index (χ3n) is 6.19. The number of ether oxygens (including phenoxy) is 3. The van der Waals surface area contributed by atoms with Crippen molar-refractivity contribution in [2.24, 2.45) is 0 Å². The summed E-state index contributed by atoms with van der Waals surface area (Å²) >= 11 is 0. The van der Waals surface area contributed by atoms with Crippen LogP contribution in [-0.2, 0) is 21.3 Å². The fraction of sp³-hybridized carbons (Fsp3) is 0.435. The Morgan fingerprint density at radius 3 is 2.38 bits per heavy atom. The van der Waals surface area contributed by atoms with Crippen LogP contribution < -0.4 is 9.47 Å². The van der Waals surface area contributed by atoms with Gasteiger partial charge in [0.15, 0.2) is 11.5 Å². The number of carbonyl (C=O) groups is 1. The zero-order valence-corrected chi connectivity index (χ0v) is 20.4. The second-order valence-electron chi connectivity index (χ2n) is 8.30. The highest BCUT2D eigenvalue weighted by Gasteiger charge is 2.28. The predicted molar refractivity (Wildman–Crippen MR) is 127 cm³/mol. The molecule has 1 amide bonds. The van der Waals surface area contributed by atoms with E-state index in [1.54, 1.807) is 23.1 Å². The number of morpholine rings is 1. The highest BCUT2D eigenvalue weighted by atomic mass is 35.5. The molecular formula is C23H28ClN3O6S. The highest BCUT2D eigenvalue weighted by molar-refractivity contribution is 7.89. The molecule has 2 aromatic rings. The summed E-state index contributed by atoms with van der Waals surface area (Å²) in [5.74, 6) is 1.40. The average Bonchev–Trinajstić information content (AvgIpc) is 3.33. The quantitative estimate of drug-likeness (QED) is 0.607. The summed E-state index contributed by atoms with van der Waals surface area (Å²) in [6.07, 6.45) is 0. The number of fused-ring (bicyclic) bond motifs is 1. The van der Waals surface area contributed by atoms with Gasteiger partial charge >= 0.3 is 0 Å². The SMILES string of the molecule is Cl.O=C(c1cccc(S(=O)(=O)N2CCOCC2)c1)N1CCN(Cc2ccc3c(c2)OCO3)CC1. The van der Waals surface area contributed by atoms with Gasteiger partial charge in [0.05, 0.1) is 18.1 Å². The van der Waals surface area contributed by atoms with E-state index in [1.807, 2.05) is 18.2 Å². The molecule has 2 fully saturated rings. The molecule has 184 valence electrons. The van der Waals surface area contributed by atoms with Gasteiger partial charge in [-0.1, -0.05) is 12.1 Å². The molecule has 11 heteroatoms. The molecule has 0 unspecified atom stereocenters. The van der Waals surface area contributed by atoms with Crippen LogP contribution in [0, 0.1) is 0 Å². The third kappa shape index (κ3) is 5.16. The molecule has 3 heterocycles. The van der Waals surface area contributed by atoms with E-state index in [0.29, 0.717) is 45.0 Å². The maximum atomic E-state index is 13.1. The normalized spacial score (nSPS) is 19.0. The number of rotatable bonds is 5. The van der Waals surface area contributed by atoms with Gasteiger partial charge in [0, 0.05) is 51.4 Å². The molecule has 9 nitrogen and oxygen atoms in total. The minimum atomic E-state index is -3.64. The molecule has 0 spiro atoms. The lowest BCUT2D eigenvalue weighted by Gasteiger charge is -2.35. The number of nitrogens with zero attached hydrogens (tertiary/aromatic N) is 3. The first kappa shape index (κ1) is 24.7. The summed E-state index contributed by atoms with van der Waals surface area (Å²) in [5.41, 5.74) is 1.54. The molecule has 3 aliphatic heterocycles. The summed E-state index contributed by atoms with van der Waals surface area (Å²) in [7, 11) is -3.64. The van der Waals surface area contributed by atoms with Crippen LogP contribution in [0.25, 0.3) is 0 Å². The minimum absolute atomic E-state index is 0. The maximum Gasteiger partial charge on any atom is 0.253 e. The number of hydrogen-bond acceptors (Lipinski definition) is 7. The first-order valence-electron chi connectivity index (χ1n) is 11.1. The van der Waals surface area contributed by atoms with Gasteiger partial charge < -0.3 is 19.1 Å². The molecule has 3 aliphatic rings. The summed E-state index contributed by atoms with van der Waals surface area (Å²) in [6, 6.07) is 12.3. The van der Waals surface area contributed by atoms with Crippen molar-refractivity contribution in [3.8, 4) is 11.5 Å². The van der Waals surface area contributed by atoms with Gasteiger partial charge in [0.25, 0.3) is 5.91 Å². The fourth-order valence-electron chi connectivity index (χ4n) is 4.31. The van der Waals surface area contributed by atoms with Gasteiger partial charge in [0.1, 0.15) is 0 Å². The highest BCUT2D eigenvalue weighted by Crippen LogP contribution is 2.33. The maximum absolute atomic E-state index is 13.1. The van der Waals surface area contributed by atoms with Crippen molar-refractivity contribution in [3.63, 3.8) is 0 Å². The van der Waals surface area contributed by atoms with Gasteiger partial charge in [-0.2, -0.15) is 4.31 Å². The first-order valence-corrected chi connectivity index (χ1v) is 12.5. The summed E-state index contributed by atoms with van der Waals surface area (Å²) in [6.45, 7) is 5.10. The Morgan fingerprint density at radius 1 is 0.882 bits per heavy atom. The molecular weight excluding hydrogens is 482 g/mol. The largest absolute Gasteiger partial charge is 0.454 e. The van der Waals surface area contributed by atoms with E-state index >= 15 is 0 Å². The number of halogens is 1. The second-order valence-corrected chi connectivity index (χ2v) is 10.2. The Kier molecular flexibility index (Phi) is 7.63. The Morgan fingerprint density at radius 2 is 1.62 bits per heavy atom. The number of sulfonamides is 1. The molecule has 0 atom stereocenters. The monoisotopic (exact) mass is 509 g/mol. The van der Waals surface area contributed by atoms with Crippen LogP contribution in [0.5, 0.6) is 11.5 Å². The zero-order valence-electron chi connectivity index (χ0n) is 18.7. The molecule has 0 aliphatic carbocycles. The van der Waals surface area contributed by atoms with Crippen LogP contribution in [0.15, 0.2) is 47.4 Å². The van der Waals surface area contributed by atoms with Crippen molar-refractivity contribution in [1.82, 2.24) is 14.1 Å². The van der Waals surface area contributed by atoms with Gasteiger partial charge in [0.2, 0.25) is 16.8 Å². The van der Waals surface area contributed by atoms with Crippen LogP contribution in [-0.4, -0.2) is 87.7 Å². The van der Waals surface area contributed by atoms with E-state index in [1.165, 1.54) is 10.4 Å². The van der Waals surface area contributed by atoms with Gasteiger partial charge in [-0.15, -0.1) is 12.4 Å². The molecule has 2 saturated heterocycles. The standard InChI is InChI=1S/C23H27N3O6S.ClH/c27-23(19-2-1-3-20(15-19)33(28,29)26-10-12-30-13-11-26)25-8-6-24(7-9-25)16-18-4-5-21-22(14-18)32-17-31-21;/h1-5,14-15H,6-13,16-17H2;1H. The van der Waals surface area contributed by atoms with Crippen LogP contribution in [0.3, 0.4) is 0 Å². The first-order chi connectivity index (χ1) is 16.0. The fourth-order valence-corrected chi connectivity index (χ4v) is 5.77. The zero-order chi connectivity index (χ0) is 22.8. The van der Waals surface area contributed by atoms with Crippen molar-refractivity contribution in [3.05, 3.63) is 53.6 Å². The summed E-state index contributed by atoms with van der Waals surface area (Å²) in [4.78, 5) is 17.3. The van der Waals surface area contributed by atoms with Gasteiger partial charge in [-0.3, -0.25) is 9.69 Å². The lowest BCUT2D eigenvalue weighted by Crippen LogP contribution is -2.48. The third-order valence-corrected chi connectivity index (χ3v) is 8.09. The number of amides is 1. The molecule has 0 saturated carbocycles. The van der Waals surface area contributed by atoms with E-state index in [9.17, 15) is 13.2 Å². The summed E-state index contributed by atoms with van der Waals surface area (Å²) in [5, 5.41) is 0. The Hall–Kier alpha value is -2.37. The average molecular weight is 510 g/mol. The number of carbonyl (C=O) groups excluding carboxylic acids is 1. The molecule has 2 aromatic carbocycles. The van der Waals surface area contributed by atoms with E-state index in [0.717, 1.165) is 36.7 Å². The second kappa shape index (κ2) is 10.5. The molecule has 0 radical (unpaired) electrons. The number of benzene rings is 2. The van der Waals surface area contributed by atoms with Crippen LogP contribution in [0.1, 0.15) is 15.9 Å². The van der Waals surface area contributed by atoms with Crippen molar-refractivity contribution in [1.29, 1.82) is 0 Å². The van der Waals surface area contributed by atoms with Crippen molar-refractivity contribution < 1.29 is 27.4 Å². The Balaban J connectivity index is 0.00000274. The van der Waals surface area contributed by atoms with Crippen molar-refractivity contribution in [2.75, 3.05) is 59.3 Å². The number of piperazine rings is 1. The van der Waals surface area contributed by atoms with Gasteiger partial charge in [-0.05, 0) is 35.9 Å². The van der Waals surface area contributed by atoms with Crippen LogP contribution in [0.2, 0.25) is 0 Å². The van der Waals surface area contributed by atoms with Gasteiger partial charge in [-0.25, -0.2) is 8.42 Å². The lowest BCUT2D eigenvalue weighted by atomic mass is 10.1. The summed E-state index contributed by atoms with van der Waals surface area (Å²) < 4.78 is 43.4. The van der Waals surface area contributed by atoms with Crippen LogP contribution in [0.4, 0.5) is 0 Å². The van der Waals surface area contributed by atoms with Crippen molar-refractivity contribution >= 4 is 28.3 Å². The van der Waals surface area contributed by atoms with E-state index in [-0.39, 0.29) is 30.0 Å². The number of hydrogen-bond donors (Lipinski definition) is 0. The van der Waals surface area contributed by atoms with E-state index in [2.05, 4.69) is 4.90 Å². The predicted octanol–water partition coefficient (Wildman–Crippen LogP) is 1.82. The molecule has 5 rings (SSSR count). The van der Waals surface area contributed by atoms with Crippen LogP contribution >= 0.6 is 12.4 Å². The van der Waals surface area contributed by atoms with Crippen molar-refractivity contribution in [2.45, 2.75) is 11.4 Å². The molecule has 0 bridgehead atoms. The Labute approximate surface area is 205 Å². The Bertz CT molecular complexity index is 1130. The minimum Gasteiger partial charge on any atom is -0.454 e. The van der Waals surface area contributed by atoms with E-state index in [4.69, 9.17) is 14.2 Å². The lowest BCUT2D eigenvalue weighted by molar-refractivity contribution is 0.0628. The van der Waals surface area contributed by atoms with E-state index < -0.39 is 10.0 Å². The topological polar surface area (TPSA) is 88.6 Å². The molecule has 0 aromatic heterocycles. The molecule has 0 N–H and O–H groups in total. The molecule has 34 heavy (non-hydrogen) atoms.